The number of carbonyl (C=O) groups is 1. The predicted molar refractivity (Wildman–Crippen MR) is 67.0 cm³/mol. The lowest BCUT2D eigenvalue weighted by Gasteiger charge is -2.04. The van der Waals surface area contributed by atoms with E-state index >= 15 is 0 Å². The van der Waals surface area contributed by atoms with Gasteiger partial charge in [-0.3, -0.25) is 4.79 Å². The van der Waals surface area contributed by atoms with E-state index in [0.29, 0.717) is 0 Å². The van der Waals surface area contributed by atoms with Gasteiger partial charge in [-0.1, -0.05) is 54.6 Å². The van der Waals surface area contributed by atoms with Crippen LogP contribution in [0.4, 0.5) is 0 Å². The molecule has 0 aromatic heterocycles. The third-order valence-corrected chi connectivity index (χ3v) is 2.60. The molecule has 0 aliphatic heterocycles. The topological polar surface area (TPSA) is 37.3 Å². The third kappa shape index (κ3) is 3.45. The van der Waals surface area contributed by atoms with Crippen molar-refractivity contribution in [3.8, 4) is 0 Å². The van der Waals surface area contributed by atoms with Gasteiger partial charge >= 0.3 is 5.97 Å². The highest BCUT2D eigenvalue weighted by atomic mass is 16.4. The Kier molecular flexibility index (Phi) is 3.55. The average Bonchev–Trinajstić information content (AvgIpc) is 2.30. The van der Waals surface area contributed by atoms with E-state index in [1.54, 1.807) is 0 Å². The highest BCUT2D eigenvalue weighted by molar-refractivity contribution is 5.70. The minimum atomic E-state index is -0.790. The summed E-state index contributed by atoms with van der Waals surface area (Å²) in [5.74, 6) is -0.790. The summed E-state index contributed by atoms with van der Waals surface area (Å²) in [6, 6.07) is 17.9. The summed E-state index contributed by atoms with van der Waals surface area (Å²) in [4.78, 5) is 10.6. The van der Waals surface area contributed by atoms with E-state index in [-0.39, 0.29) is 6.42 Å². The number of hydrogen-bond donors (Lipinski definition) is 1. The van der Waals surface area contributed by atoms with Gasteiger partial charge in [0.15, 0.2) is 0 Å². The molecular formula is C15H14O2. The summed E-state index contributed by atoms with van der Waals surface area (Å²) in [5.41, 5.74) is 3.24. The smallest absolute Gasteiger partial charge is 0.307 e. The average molecular weight is 226 g/mol. The van der Waals surface area contributed by atoms with Crippen molar-refractivity contribution in [1.29, 1.82) is 0 Å². The van der Waals surface area contributed by atoms with Crippen molar-refractivity contribution >= 4 is 5.97 Å². The molecule has 0 spiro atoms. The second-order valence-corrected chi connectivity index (χ2v) is 4.05. The Bertz CT molecular complexity index is 503. The lowest BCUT2D eigenvalue weighted by Crippen LogP contribution is -2.00. The molecule has 2 aromatic rings. The first-order chi connectivity index (χ1) is 8.24. The number of benzene rings is 2. The van der Waals surface area contributed by atoms with Crippen LogP contribution in [0.3, 0.4) is 0 Å². The molecule has 2 rings (SSSR count). The van der Waals surface area contributed by atoms with Crippen LogP contribution in [0.25, 0.3) is 0 Å². The molecule has 2 nitrogen and oxygen atoms in total. The van der Waals surface area contributed by atoms with Crippen LogP contribution in [0.5, 0.6) is 0 Å². The van der Waals surface area contributed by atoms with E-state index in [2.05, 4.69) is 12.1 Å². The van der Waals surface area contributed by atoms with Crippen LogP contribution in [0, 0.1) is 0 Å². The Balaban J connectivity index is 2.14. The van der Waals surface area contributed by atoms with Crippen molar-refractivity contribution in [2.45, 2.75) is 12.8 Å². The van der Waals surface area contributed by atoms with E-state index in [9.17, 15) is 4.79 Å². The van der Waals surface area contributed by atoms with Crippen LogP contribution in [0.2, 0.25) is 0 Å². The fourth-order valence-corrected chi connectivity index (χ4v) is 1.86. The van der Waals surface area contributed by atoms with Gasteiger partial charge in [0.2, 0.25) is 0 Å². The van der Waals surface area contributed by atoms with Crippen LogP contribution in [-0.4, -0.2) is 11.1 Å². The Morgan fingerprint density at radius 1 is 0.882 bits per heavy atom. The molecule has 0 aliphatic rings. The molecule has 0 saturated heterocycles. The summed E-state index contributed by atoms with van der Waals surface area (Å²) >= 11 is 0. The molecule has 0 saturated carbocycles. The highest BCUT2D eigenvalue weighted by Crippen LogP contribution is 2.11. The molecule has 0 bridgehead atoms. The molecule has 0 fully saturated rings. The molecule has 0 aliphatic carbocycles. The Labute approximate surface area is 101 Å². The van der Waals surface area contributed by atoms with Crippen molar-refractivity contribution in [2.75, 3.05) is 0 Å². The van der Waals surface area contributed by atoms with Crippen LogP contribution < -0.4 is 0 Å². The predicted octanol–water partition coefficient (Wildman–Crippen LogP) is 2.90. The molecule has 0 heterocycles. The molecular weight excluding hydrogens is 212 g/mol. The lowest BCUT2D eigenvalue weighted by molar-refractivity contribution is -0.136. The fourth-order valence-electron chi connectivity index (χ4n) is 1.86. The number of carboxylic acids is 1. The normalized spacial score (nSPS) is 10.1. The maximum atomic E-state index is 10.6. The molecule has 0 atom stereocenters. The summed E-state index contributed by atoms with van der Waals surface area (Å²) in [5, 5.41) is 8.75. The van der Waals surface area contributed by atoms with Crippen LogP contribution in [0.15, 0.2) is 54.6 Å². The zero-order chi connectivity index (χ0) is 12.1. The summed E-state index contributed by atoms with van der Waals surface area (Å²) in [7, 11) is 0. The van der Waals surface area contributed by atoms with Gasteiger partial charge < -0.3 is 5.11 Å². The van der Waals surface area contributed by atoms with Crippen molar-refractivity contribution in [3.63, 3.8) is 0 Å². The van der Waals surface area contributed by atoms with Crippen LogP contribution in [0.1, 0.15) is 16.7 Å². The molecule has 2 aromatic carbocycles. The van der Waals surface area contributed by atoms with Crippen LogP contribution >= 0.6 is 0 Å². The number of rotatable bonds is 4. The highest BCUT2D eigenvalue weighted by Gasteiger charge is 2.02. The van der Waals surface area contributed by atoms with Gasteiger partial charge in [-0.25, -0.2) is 0 Å². The maximum absolute atomic E-state index is 10.6. The zero-order valence-corrected chi connectivity index (χ0v) is 9.47. The van der Waals surface area contributed by atoms with Crippen molar-refractivity contribution in [3.05, 3.63) is 71.3 Å². The van der Waals surface area contributed by atoms with Crippen molar-refractivity contribution in [2.24, 2.45) is 0 Å². The SMILES string of the molecule is O=C(O)Cc1cccc(Cc2ccccc2)c1. The van der Waals surface area contributed by atoms with E-state index in [1.165, 1.54) is 5.56 Å². The summed E-state index contributed by atoms with van der Waals surface area (Å²) < 4.78 is 0. The maximum Gasteiger partial charge on any atom is 0.307 e. The third-order valence-electron chi connectivity index (χ3n) is 2.60. The first kappa shape index (κ1) is 11.4. The van der Waals surface area contributed by atoms with Gasteiger partial charge in [0, 0.05) is 0 Å². The Morgan fingerprint density at radius 3 is 2.24 bits per heavy atom. The number of carboxylic acid groups (broad SMARTS) is 1. The monoisotopic (exact) mass is 226 g/mol. The molecule has 1 N–H and O–H groups in total. The molecule has 17 heavy (non-hydrogen) atoms. The molecule has 2 heteroatoms. The van der Waals surface area contributed by atoms with Gasteiger partial charge in [0.25, 0.3) is 0 Å². The molecule has 0 radical (unpaired) electrons. The summed E-state index contributed by atoms with van der Waals surface area (Å²) in [6.07, 6.45) is 0.928. The van der Waals surface area contributed by atoms with Gasteiger partial charge in [0.1, 0.15) is 0 Å². The van der Waals surface area contributed by atoms with Crippen LogP contribution in [-0.2, 0) is 17.6 Å². The molecule has 86 valence electrons. The number of aliphatic carboxylic acids is 1. The zero-order valence-electron chi connectivity index (χ0n) is 9.47. The largest absolute Gasteiger partial charge is 0.481 e. The van der Waals surface area contributed by atoms with Gasteiger partial charge in [-0.05, 0) is 23.1 Å². The molecule has 0 amide bonds. The Hall–Kier alpha value is -2.09. The first-order valence-electron chi connectivity index (χ1n) is 5.57. The van der Waals surface area contributed by atoms with E-state index < -0.39 is 5.97 Å². The standard InChI is InChI=1S/C15H14O2/c16-15(17)11-14-8-4-7-13(10-14)9-12-5-2-1-3-6-12/h1-8,10H,9,11H2,(H,16,17). The quantitative estimate of drug-likeness (QED) is 0.870. The number of hydrogen-bond acceptors (Lipinski definition) is 1. The van der Waals surface area contributed by atoms with Gasteiger partial charge in [-0.15, -0.1) is 0 Å². The second kappa shape index (κ2) is 5.30. The van der Waals surface area contributed by atoms with Gasteiger partial charge in [-0.2, -0.15) is 0 Å². The molecule has 0 unspecified atom stereocenters. The minimum Gasteiger partial charge on any atom is -0.481 e. The van der Waals surface area contributed by atoms with Crippen molar-refractivity contribution < 1.29 is 9.90 Å². The Morgan fingerprint density at radius 2 is 1.53 bits per heavy atom. The lowest BCUT2D eigenvalue weighted by atomic mass is 10.0. The van der Waals surface area contributed by atoms with Crippen molar-refractivity contribution in [1.82, 2.24) is 0 Å². The summed E-state index contributed by atoms with van der Waals surface area (Å²) in [6.45, 7) is 0. The van der Waals surface area contributed by atoms with Gasteiger partial charge in [0.05, 0.1) is 6.42 Å². The first-order valence-corrected chi connectivity index (χ1v) is 5.57. The van der Waals surface area contributed by atoms with E-state index in [4.69, 9.17) is 5.11 Å². The second-order valence-electron chi connectivity index (χ2n) is 4.05. The minimum absolute atomic E-state index is 0.0859. The fraction of sp³-hybridized carbons (Fsp3) is 0.133. The van der Waals surface area contributed by atoms with E-state index in [0.717, 1.165) is 17.5 Å². The van der Waals surface area contributed by atoms with E-state index in [1.807, 2.05) is 42.5 Å².